The number of thiophene rings is 1. The molecule has 0 unspecified atom stereocenters. The van der Waals surface area contributed by atoms with Gasteiger partial charge in [0.1, 0.15) is 6.54 Å². The minimum absolute atomic E-state index is 0.000444. The predicted molar refractivity (Wildman–Crippen MR) is 88.2 cm³/mol. The maximum Gasteiger partial charge on any atom is 0.255 e. The molecule has 22 heavy (non-hydrogen) atoms. The first kappa shape index (κ1) is 15.4. The highest BCUT2D eigenvalue weighted by Gasteiger charge is 2.50. The van der Waals surface area contributed by atoms with Crippen molar-refractivity contribution in [2.24, 2.45) is 16.4 Å². The first-order valence-electron chi connectivity index (χ1n) is 7.96. The van der Waals surface area contributed by atoms with Crippen molar-refractivity contribution in [3.8, 4) is 0 Å². The maximum absolute atomic E-state index is 12.9. The molecule has 4 nitrogen and oxygen atoms in total. The van der Waals surface area contributed by atoms with E-state index in [1.807, 2.05) is 24.6 Å². The molecule has 0 aromatic carbocycles. The van der Waals surface area contributed by atoms with Crippen molar-refractivity contribution in [3.05, 3.63) is 22.4 Å². The zero-order chi connectivity index (χ0) is 15.7. The molecule has 3 rings (SSSR count). The van der Waals surface area contributed by atoms with E-state index in [1.165, 1.54) is 35.6 Å². The van der Waals surface area contributed by atoms with Crippen LogP contribution in [0.1, 0.15) is 56.3 Å². The molecule has 0 spiro atoms. The van der Waals surface area contributed by atoms with E-state index in [-0.39, 0.29) is 18.2 Å². The first-order chi connectivity index (χ1) is 10.5. The Hall–Kier alpha value is -1.49. The summed E-state index contributed by atoms with van der Waals surface area (Å²) in [5.41, 5.74) is 1.01. The summed E-state index contributed by atoms with van der Waals surface area (Å²) in [5, 5.41) is 9.52. The van der Waals surface area contributed by atoms with E-state index in [0.29, 0.717) is 11.5 Å². The summed E-state index contributed by atoms with van der Waals surface area (Å²) < 4.78 is 0. The van der Waals surface area contributed by atoms with Gasteiger partial charge in [-0.2, -0.15) is 16.4 Å². The van der Waals surface area contributed by atoms with Crippen molar-refractivity contribution in [1.82, 2.24) is 5.01 Å². The summed E-state index contributed by atoms with van der Waals surface area (Å²) in [5.74, 6) is 0.318. The summed E-state index contributed by atoms with van der Waals surface area (Å²) >= 11 is 1.49. The highest BCUT2D eigenvalue weighted by atomic mass is 32.1. The minimum Gasteiger partial charge on any atom is -0.292 e. The second kappa shape index (κ2) is 5.95. The number of Topliss-reactive ketones (excluding diaryl/α,β-unsaturated/α-hetero) is 1. The van der Waals surface area contributed by atoms with Crippen LogP contribution in [-0.2, 0) is 4.79 Å². The zero-order valence-electron chi connectivity index (χ0n) is 13.2. The van der Waals surface area contributed by atoms with Crippen molar-refractivity contribution in [3.63, 3.8) is 0 Å². The highest BCUT2D eigenvalue weighted by Crippen LogP contribution is 2.43. The average Bonchev–Trinajstić information content (AvgIpc) is 3.13. The van der Waals surface area contributed by atoms with E-state index in [4.69, 9.17) is 0 Å². The number of carbonyl (C=O) groups excluding carboxylic acids is 2. The lowest BCUT2D eigenvalue weighted by Crippen LogP contribution is -2.44. The van der Waals surface area contributed by atoms with Gasteiger partial charge in [-0.1, -0.05) is 19.3 Å². The molecule has 0 N–H and O–H groups in total. The van der Waals surface area contributed by atoms with Crippen LogP contribution in [0.3, 0.4) is 0 Å². The third kappa shape index (κ3) is 2.51. The Morgan fingerprint density at radius 1 is 1.41 bits per heavy atom. The third-order valence-corrected chi connectivity index (χ3v) is 5.94. The van der Waals surface area contributed by atoms with E-state index in [1.54, 1.807) is 6.07 Å². The molecule has 1 aromatic rings. The fourth-order valence-corrected chi connectivity index (χ4v) is 4.32. The number of rotatable bonds is 4. The van der Waals surface area contributed by atoms with Crippen LogP contribution in [0, 0.1) is 11.3 Å². The van der Waals surface area contributed by atoms with Crippen molar-refractivity contribution in [2.75, 3.05) is 6.54 Å². The number of amides is 1. The molecule has 1 aromatic heterocycles. The molecule has 118 valence electrons. The van der Waals surface area contributed by atoms with Gasteiger partial charge in [-0.15, -0.1) is 0 Å². The lowest BCUT2D eigenvalue weighted by atomic mass is 9.67. The number of hydrazone groups is 1. The first-order valence-corrected chi connectivity index (χ1v) is 8.91. The van der Waals surface area contributed by atoms with Gasteiger partial charge in [0.25, 0.3) is 5.91 Å². The van der Waals surface area contributed by atoms with E-state index < -0.39 is 5.41 Å². The largest absolute Gasteiger partial charge is 0.292 e. The Morgan fingerprint density at radius 2 is 2.14 bits per heavy atom. The van der Waals surface area contributed by atoms with Gasteiger partial charge in [-0.25, -0.2) is 5.01 Å². The molecule has 5 heteroatoms. The Kier molecular flexibility index (Phi) is 4.17. The van der Waals surface area contributed by atoms with Gasteiger partial charge in [0, 0.05) is 10.9 Å². The topological polar surface area (TPSA) is 49.7 Å². The lowest BCUT2D eigenvalue weighted by Gasteiger charge is -2.35. The molecule has 2 heterocycles. The molecule has 1 saturated carbocycles. The quantitative estimate of drug-likeness (QED) is 0.794. The second-order valence-electron chi connectivity index (χ2n) is 6.52. The summed E-state index contributed by atoms with van der Waals surface area (Å²) in [6, 6.07) is 1.80. The molecule has 1 atom stereocenters. The average molecular weight is 318 g/mol. The number of ketones is 1. The van der Waals surface area contributed by atoms with Crippen molar-refractivity contribution in [1.29, 1.82) is 0 Å². The van der Waals surface area contributed by atoms with Crippen LogP contribution in [0.4, 0.5) is 0 Å². The van der Waals surface area contributed by atoms with Gasteiger partial charge >= 0.3 is 0 Å². The van der Waals surface area contributed by atoms with Gasteiger partial charge in [-0.3, -0.25) is 9.59 Å². The SMILES string of the molecule is CC1=NN(CC(=O)c2ccsc2)C(=O)[C@@]1(C)C1CCCCC1. The van der Waals surface area contributed by atoms with Crippen LogP contribution in [0.15, 0.2) is 21.9 Å². The smallest absolute Gasteiger partial charge is 0.255 e. The number of nitrogens with zero attached hydrogens (tertiary/aromatic N) is 2. The van der Waals surface area contributed by atoms with Crippen LogP contribution in [0.2, 0.25) is 0 Å². The third-order valence-electron chi connectivity index (χ3n) is 5.26. The minimum atomic E-state index is -0.519. The molecule has 1 amide bonds. The lowest BCUT2D eigenvalue weighted by molar-refractivity contribution is -0.137. The van der Waals surface area contributed by atoms with E-state index in [9.17, 15) is 9.59 Å². The molecule has 1 fully saturated rings. The van der Waals surface area contributed by atoms with Crippen LogP contribution >= 0.6 is 11.3 Å². The molecule has 0 saturated heterocycles. The molecular weight excluding hydrogens is 296 g/mol. The van der Waals surface area contributed by atoms with Crippen LogP contribution < -0.4 is 0 Å². The van der Waals surface area contributed by atoms with Gasteiger partial charge < -0.3 is 0 Å². The number of hydrogen-bond acceptors (Lipinski definition) is 4. The van der Waals surface area contributed by atoms with Crippen LogP contribution in [0.25, 0.3) is 0 Å². The fourth-order valence-electron chi connectivity index (χ4n) is 3.66. The van der Waals surface area contributed by atoms with Gasteiger partial charge in [-0.05, 0) is 44.1 Å². The number of carbonyl (C=O) groups is 2. The van der Waals surface area contributed by atoms with Crippen molar-refractivity contribution in [2.45, 2.75) is 46.0 Å². The van der Waals surface area contributed by atoms with E-state index >= 15 is 0 Å². The predicted octanol–water partition coefficient (Wildman–Crippen LogP) is 3.74. The molecular formula is C17H22N2O2S. The Labute approximate surface area is 135 Å². The Balaban J connectivity index is 1.76. The molecule has 1 aliphatic heterocycles. The summed E-state index contributed by atoms with van der Waals surface area (Å²) in [6.07, 6.45) is 5.81. The normalized spacial score (nSPS) is 26.4. The number of hydrogen-bond donors (Lipinski definition) is 0. The summed E-state index contributed by atoms with van der Waals surface area (Å²) in [6.45, 7) is 4.00. The summed E-state index contributed by atoms with van der Waals surface area (Å²) in [4.78, 5) is 25.1. The fraction of sp³-hybridized carbons (Fsp3) is 0.588. The second-order valence-corrected chi connectivity index (χ2v) is 7.30. The van der Waals surface area contributed by atoms with Crippen molar-refractivity contribution >= 4 is 28.7 Å². The monoisotopic (exact) mass is 318 g/mol. The van der Waals surface area contributed by atoms with Gasteiger partial charge in [0.15, 0.2) is 5.78 Å². The van der Waals surface area contributed by atoms with Crippen LogP contribution in [-0.4, -0.2) is 29.0 Å². The van der Waals surface area contributed by atoms with Gasteiger partial charge in [0.2, 0.25) is 0 Å². The molecule has 0 bridgehead atoms. The zero-order valence-corrected chi connectivity index (χ0v) is 14.0. The Morgan fingerprint density at radius 3 is 2.77 bits per heavy atom. The molecule has 2 aliphatic rings. The van der Waals surface area contributed by atoms with E-state index in [0.717, 1.165) is 18.6 Å². The summed E-state index contributed by atoms with van der Waals surface area (Å²) in [7, 11) is 0. The molecule has 0 radical (unpaired) electrons. The molecule has 1 aliphatic carbocycles. The maximum atomic E-state index is 12.9. The Bertz CT molecular complexity index is 602. The van der Waals surface area contributed by atoms with Crippen LogP contribution in [0.5, 0.6) is 0 Å². The van der Waals surface area contributed by atoms with Gasteiger partial charge in [0.05, 0.1) is 11.1 Å². The standard InChI is InChI=1S/C17H22N2O2S/c1-12-17(2,14-6-4-3-5-7-14)16(21)19(18-12)10-15(20)13-8-9-22-11-13/h8-9,11,14H,3-7,10H2,1-2H3/t17-/m1/s1. The van der Waals surface area contributed by atoms with E-state index in [2.05, 4.69) is 5.10 Å². The highest BCUT2D eigenvalue weighted by molar-refractivity contribution is 7.08. The van der Waals surface area contributed by atoms with Crippen molar-refractivity contribution < 1.29 is 9.59 Å².